The SMILES string of the molecule is OCc1cn(-c2cccc(Cl)c2Cl)nn1. The van der Waals surface area contributed by atoms with Crippen molar-refractivity contribution in [2.45, 2.75) is 6.61 Å². The van der Waals surface area contributed by atoms with E-state index in [0.29, 0.717) is 21.4 Å². The van der Waals surface area contributed by atoms with Gasteiger partial charge in [0.1, 0.15) is 5.69 Å². The Balaban J connectivity index is 2.49. The standard InChI is InChI=1S/C9H7Cl2N3O/c10-7-2-1-3-8(9(7)11)14-4-6(5-15)12-13-14/h1-4,15H,5H2. The molecule has 0 saturated carbocycles. The van der Waals surface area contributed by atoms with Gasteiger partial charge in [0, 0.05) is 0 Å². The van der Waals surface area contributed by atoms with E-state index in [2.05, 4.69) is 10.3 Å². The highest BCUT2D eigenvalue weighted by atomic mass is 35.5. The van der Waals surface area contributed by atoms with Crippen LogP contribution in [0.3, 0.4) is 0 Å². The van der Waals surface area contributed by atoms with Crippen molar-refractivity contribution in [1.29, 1.82) is 0 Å². The zero-order valence-electron chi connectivity index (χ0n) is 7.56. The van der Waals surface area contributed by atoms with E-state index < -0.39 is 0 Å². The van der Waals surface area contributed by atoms with E-state index in [1.54, 1.807) is 24.4 Å². The maximum Gasteiger partial charge on any atom is 0.109 e. The van der Waals surface area contributed by atoms with E-state index in [1.807, 2.05) is 0 Å². The largest absolute Gasteiger partial charge is 0.390 e. The van der Waals surface area contributed by atoms with E-state index in [0.717, 1.165) is 0 Å². The molecule has 0 amide bonds. The minimum absolute atomic E-state index is 0.155. The summed E-state index contributed by atoms with van der Waals surface area (Å²) < 4.78 is 1.47. The lowest BCUT2D eigenvalue weighted by atomic mass is 10.3. The Kier molecular flexibility index (Phi) is 2.90. The van der Waals surface area contributed by atoms with Crippen molar-refractivity contribution in [2.24, 2.45) is 0 Å². The molecule has 1 aromatic carbocycles. The molecule has 4 nitrogen and oxygen atoms in total. The monoisotopic (exact) mass is 243 g/mol. The van der Waals surface area contributed by atoms with Crippen molar-refractivity contribution in [2.75, 3.05) is 0 Å². The molecule has 0 aliphatic carbocycles. The zero-order valence-corrected chi connectivity index (χ0v) is 9.07. The van der Waals surface area contributed by atoms with Crippen LogP contribution in [-0.4, -0.2) is 20.1 Å². The highest BCUT2D eigenvalue weighted by Crippen LogP contribution is 2.27. The summed E-state index contributed by atoms with van der Waals surface area (Å²) in [5.74, 6) is 0. The summed E-state index contributed by atoms with van der Waals surface area (Å²) in [7, 11) is 0. The molecule has 0 aliphatic heterocycles. The van der Waals surface area contributed by atoms with Crippen LogP contribution in [0.5, 0.6) is 0 Å². The Hall–Kier alpha value is -1.10. The Morgan fingerprint density at radius 2 is 2.13 bits per heavy atom. The smallest absolute Gasteiger partial charge is 0.109 e. The summed E-state index contributed by atoms with van der Waals surface area (Å²) >= 11 is 11.9. The Bertz CT molecular complexity index is 484. The molecule has 2 aromatic rings. The summed E-state index contributed by atoms with van der Waals surface area (Å²) in [6.07, 6.45) is 1.59. The van der Waals surface area contributed by atoms with Crippen LogP contribution in [0.1, 0.15) is 5.69 Å². The predicted octanol–water partition coefficient (Wildman–Crippen LogP) is 2.07. The van der Waals surface area contributed by atoms with Gasteiger partial charge in [0.25, 0.3) is 0 Å². The third kappa shape index (κ3) is 1.97. The van der Waals surface area contributed by atoms with Gasteiger partial charge in [0.15, 0.2) is 0 Å². The van der Waals surface area contributed by atoms with Gasteiger partial charge in [-0.3, -0.25) is 0 Å². The number of aliphatic hydroxyl groups excluding tert-OH is 1. The van der Waals surface area contributed by atoms with Gasteiger partial charge in [0.2, 0.25) is 0 Å². The second kappa shape index (κ2) is 4.18. The molecule has 15 heavy (non-hydrogen) atoms. The lowest BCUT2D eigenvalue weighted by Crippen LogP contribution is -1.95. The molecule has 78 valence electrons. The normalized spacial score (nSPS) is 10.6. The molecule has 1 aromatic heterocycles. The first-order valence-electron chi connectivity index (χ1n) is 4.19. The molecule has 0 saturated heterocycles. The maximum atomic E-state index is 8.85. The first kappa shape index (κ1) is 10.4. The molecule has 0 spiro atoms. The number of hydrogen-bond donors (Lipinski definition) is 1. The van der Waals surface area contributed by atoms with E-state index in [9.17, 15) is 0 Å². The van der Waals surface area contributed by atoms with Gasteiger partial charge in [0.05, 0.1) is 28.5 Å². The molecule has 2 rings (SSSR count). The van der Waals surface area contributed by atoms with Gasteiger partial charge in [-0.05, 0) is 12.1 Å². The molecule has 0 fully saturated rings. The van der Waals surface area contributed by atoms with Crippen LogP contribution >= 0.6 is 23.2 Å². The highest BCUT2D eigenvalue weighted by Gasteiger charge is 2.08. The third-order valence-electron chi connectivity index (χ3n) is 1.88. The lowest BCUT2D eigenvalue weighted by molar-refractivity contribution is 0.276. The molecule has 0 radical (unpaired) electrons. The zero-order chi connectivity index (χ0) is 10.8. The second-order valence-electron chi connectivity index (χ2n) is 2.89. The van der Waals surface area contributed by atoms with Crippen molar-refractivity contribution in [3.05, 3.63) is 40.1 Å². The second-order valence-corrected chi connectivity index (χ2v) is 3.67. The summed E-state index contributed by atoms with van der Waals surface area (Å²) in [6, 6.07) is 5.23. The number of hydrogen-bond acceptors (Lipinski definition) is 3. The van der Waals surface area contributed by atoms with Crippen molar-refractivity contribution < 1.29 is 5.11 Å². The maximum absolute atomic E-state index is 8.85. The van der Waals surface area contributed by atoms with Crippen molar-refractivity contribution in [3.63, 3.8) is 0 Å². The van der Waals surface area contributed by atoms with E-state index in [4.69, 9.17) is 28.3 Å². The fourth-order valence-corrected chi connectivity index (χ4v) is 1.54. The number of halogens is 2. The third-order valence-corrected chi connectivity index (χ3v) is 2.69. The fourth-order valence-electron chi connectivity index (χ4n) is 1.16. The van der Waals surface area contributed by atoms with Gasteiger partial charge in [-0.1, -0.05) is 34.5 Å². The molecular weight excluding hydrogens is 237 g/mol. The van der Waals surface area contributed by atoms with Gasteiger partial charge < -0.3 is 5.11 Å². The van der Waals surface area contributed by atoms with Crippen LogP contribution in [0.25, 0.3) is 5.69 Å². The molecule has 0 unspecified atom stereocenters. The van der Waals surface area contributed by atoms with E-state index >= 15 is 0 Å². The van der Waals surface area contributed by atoms with Crippen LogP contribution in [0.4, 0.5) is 0 Å². The Morgan fingerprint density at radius 1 is 1.33 bits per heavy atom. The van der Waals surface area contributed by atoms with Gasteiger partial charge in [-0.2, -0.15) is 0 Å². The van der Waals surface area contributed by atoms with Crippen molar-refractivity contribution in [1.82, 2.24) is 15.0 Å². The average Bonchev–Trinajstić information content (AvgIpc) is 2.70. The quantitative estimate of drug-likeness (QED) is 0.879. The number of nitrogens with zero attached hydrogens (tertiary/aromatic N) is 3. The summed E-state index contributed by atoms with van der Waals surface area (Å²) in [6.45, 7) is -0.155. The van der Waals surface area contributed by atoms with Crippen molar-refractivity contribution >= 4 is 23.2 Å². The van der Waals surface area contributed by atoms with Crippen LogP contribution < -0.4 is 0 Å². The Labute approximate surface area is 96.0 Å². The molecule has 0 bridgehead atoms. The first-order valence-corrected chi connectivity index (χ1v) is 4.94. The predicted molar refractivity (Wildman–Crippen MR) is 57.3 cm³/mol. The first-order chi connectivity index (χ1) is 7.22. The fraction of sp³-hybridized carbons (Fsp3) is 0.111. The highest BCUT2D eigenvalue weighted by molar-refractivity contribution is 6.43. The van der Waals surface area contributed by atoms with E-state index in [1.165, 1.54) is 4.68 Å². The van der Waals surface area contributed by atoms with E-state index in [-0.39, 0.29) is 6.61 Å². The molecule has 6 heteroatoms. The lowest BCUT2D eigenvalue weighted by Gasteiger charge is -2.03. The summed E-state index contributed by atoms with van der Waals surface area (Å²) in [4.78, 5) is 0. The molecular formula is C9H7Cl2N3O. The van der Waals surface area contributed by atoms with Gasteiger partial charge in [-0.25, -0.2) is 4.68 Å². The Morgan fingerprint density at radius 3 is 2.80 bits per heavy atom. The number of benzene rings is 1. The molecule has 0 aliphatic rings. The van der Waals surface area contributed by atoms with Crippen LogP contribution in [0.15, 0.2) is 24.4 Å². The molecule has 1 N–H and O–H groups in total. The van der Waals surface area contributed by atoms with Crippen LogP contribution in [-0.2, 0) is 6.61 Å². The minimum Gasteiger partial charge on any atom is -0.390 e. The molecule has 0 atom stereocenters. The molecule has 1 heterocycles. The number of aromatic nitrogens is 3. The van der Waals surface area contributed by atoms with Crippen LogP contribution in [0, 0.1) is 0 Å². The topological polar surface area (TPSA) is 50.9 Å². The minimum atomic E-state index is -0.155. The van der Waals surface area contributed by atoms with Crippen molar-refractivity contribution in [3.8, 4) is 5.69 Å². The number of rotatable bonds is 2. The van der Waals surface area contributed by atoms with Gasteiger partial charge >= 0.3 is 0 Å². The number of aliphatic hydroxyl groups is 1. The summed E-state index contributed by atoms with van der Waals surface area (Å²) in [5.41, 5.74) is 1.11. The van der Waals surface area contributed by atoms with Gasteiger partial charge in [-0.15, -0.1) is 5.10 Å². The van der Waals surface area contributed by atoms with Crippen LogP contribution in [0.2, 0.25) is 10.0 Å². The summed E-state index contributed by atoms with van der Waals surface area (Å²) in [5, 5.41) is 17.3. The average molecular weight is 244 g/mol.